The molecular weight excluding hydrogens is 584 g/mol. The molecule has 0 aliphatic carbocycles. The molecule has 0 aromatic heterocycles. The van der Waals surface area contributed by atoms with Gasteiger partial charge in [-0.05, 0) is 65.8 Å². The van der Waals surface area contributed by atoms with E-state index in [2.05, 4.69) is 50.8 Å². The average molecular weight is 631 g/mol. The number of rotatable bonds is 19. The Bertz CT molecular complexity index is 1500. The van der Waals surface area contributed by atoms with Crippen LogP contribution in [0.25, 0.3) is 24.3 Å². The molecule has 0 radical (unpaired) electrons. The lowest BCUT2D eigenvalue weighted by atomic mass is 10.0. The molecule has 3 aromatic rings. The number of esters is 1. The normalized spacial score (nSPS) is 12.4. The lowest BCUT2D eigenvalue weighted by molar-refractivity contribution is -0.140. The van der Waals surface area contributed by atoms with Gasteiger partial charge in [-0.1, -0.05) is 113 Å². The van der Waals surface area contributed by atoms with Gasteiger partial charge in [-0.25, -0.2) is 13.2 Å². The molecule has 0 saturated heterocycles. The summed E-state index contributed by atoms with van der Waals surface area (Å²) >= 11 is 0. The summed E-state index contributed by atoms with van der Waals surface area (Å²) in [5.74, 6) is 0.770. The summed E-state index contributed by atoms with van der Waals surface area (Å²) in [5, 5.41) is 0. The van der Waals surface area contributed by atoms with Crippen LogP contribution in [-0.2, 0) is 24.1 Å². The van der Waals surface area contributed by atoms with E-state index in [1.54, 1.807) is 19.1 Å². The predicted octanol–water partition coefficient (Wildman–Crippen LogP) is 8.53. The van der Waals surface area contributed by atoms with Crippen LogP contribution in [0.3, 0.4) is 0 Å². The highest BCUT2D eigenvalue weighted by Crippen LogP contribution is 2.22. The van der Waals surface area contributed by atoms with Crippen molar-refractivity contribution < 1.29 is 27.4 Å². The standard InChI is InChI=1S/C38H46O6S/c1-5-7-8-31(6-2)29-45(40,41)37-23-19-35(20-24-37)16-14-33-11-9-32(10-12-33)13-15-34-17-21-36(22-18-34)43-27-25-42-26-28-44-38(39)30(3)4/h9-24,31H,3,5-8,25-29H2,1-2,4H3/b15-13+,16-14+. The molecule has 1 atom stereocenters. The first kappa shape index (κ1) is 35.5. The number of carbonyl (C=O) groups is 1. The fourth-order valence-electron chi connectivity index (χ4n) is 4.51. The van der Waals surface area contributed by atoms with Gasteiger partial charge in [-0.3, -0.25) is 0 Å². The molecule has 0 amide bonds. The Morgan fingerprint density at radius 1 is 0.756 bits per heavy atom. The molecule has 0 bridgehead atoms. The van der Waals surface area contributed by atoms with Gasteiger partial charge in [0.2, 0.25) is 0 Å². The summed E-state index contributed by atoms with van der Waals surface area (Å²) in [7, 11) is -3.29. The summed E-state index contributed by atoms with van der Waals surface area (Å²) in [4.78, 5) is 11.7. The van der Waals surface area contributed by atoms with E-state index >= 15 is 0 Å². The lowest BCUT2D eigenvalue weighted by Crippen LogP contribution is -2.16. The van der Waals surface area contributed by atoms with Crippen molar-refractivity contribution in [1.29, 1.82) is 0 Å². The summed E-state index contributed by atoms with van der Waals surface area (Å²) in [6, 6.07) is 23.2. The second-order valence-corrected chi connectivity index (χ2v) is 13.1. The molecule has 0 N–H and O–H groups in total. The van der Waals surface area contributed by atoms with Crippen LogP contribution in [0.4, 0.5) is 0 Å². The molecule has 7 heteroatoms. The Morgan fingerprint density at radius 2 is 1.24 bits per heavy atom. The highest BCUT2D eigenvalue weighted by Gasteiger charge is 2.19. The maximum atomic E-state index is 12.9. The van der Waals surface area contributed by atoms with Crippen LogP contribution in [0.2, 0.25) is 0 Å². The second kappa shape index (κ2) is 18.8. The molecule has 45 heavy (non-hydrogen) atoms. The number of unbranched alkanes of at least 4 members (excludes halogenated alkanes) is 1. The maximum absolute atomic E-state index is 12.9. The van der Waals surface area contributed by atoms with Crippen molar-refractivity contribution >= 4 is 40.1 Å². The molecule has 0 aliphatic rings. The van der Waals surface area contributed by atoms with E-state index in [-0.39, 0.29) is 18.3 Å². The summed E-state index contributed by atoms with van der Waals surface area (Å²) in [6.07, 6.45) is 12.1. The number of hydrogen-bond donors (Lipinski definition) is 0. The third-order valence-electron chi connectivity index (χ3n) is 7.30. The highest BCUT2D eigenvalue weighted by molar-refractivity contribution is 7.91. The van der Waals surface area contributed by atoms with E-state index in [0.717, 1.165) is 53.7 Å². The number of carbonyl (C=O) groups excluding carboxylic acids is 1. The largest absolute Gasteiger partial charge is 0.491 e. The number of benzene rings is 3. The van der Waals surface area contributed by atoms with E-state index in [1.807, 2.05) is 54.6 Å². The lowest BCUT2D eigenvalue weighted by Gasteiger charge is -2.14. The van der Waals surface area contributed by atoms with Gasteiger partial charge in [0.25, 0.3) is 0 Å². The molecule has 0 spiro atoms. The Labute approximate surface area is 269 Å². The van der Waals surface area contributed by atoms with E-state index in [9.17, 15) is 13.2 Å². The summed E-state index contributed by atoms with van der Waals surface area (Å²) < 4.78 is 41.9. The SMILES string of the molecule is C=C(C)C(=O)OCCOCCOc1ccc(/C=C/c2ccc(/C=C/c3ccc(S(=O)(=O)CC(CC)CCCC)cc3)cc2)cc1. The summed E-state index contributed by atoms with van der Waals surface area (Å²) in [5.41, 5.74) is 4.52. The minimum absolute atomic E-state index is 0.190. The van der Waals surface area contributed by atoms with E-state index in [4.69, 9.17) is 14.2 Å². The van der Waals surface area contributed by atoms with Gasteiger partial charge in [0, 0.05) is 5.57 Å². The first-order valence-electron chi connectivity index (χ1n) is 15.6. The van der Waals surface area contributed by atoms with E-state index in [0.29, 0.717) is 30.3 Å². The zero-order chi connectivity index (χ0) is 32.5. The third kappa shape index (κ3) is 12.9. The minimum Gasteiger partial charge on any atom is -0.491 e. The van der Waals surface area contributed by atoms with Crippen LogP contribution < -0.4 is 4.74 Å². The quantitative estimate of drug-likeness (QED) is 0.0572. The van der Waals surface area contributed by atoms with E-state index in [1.165, 1.54) is 0 Å². The van der Waals surface area contributed by atoms with Crippen molar-refractivity contribution in [3.8, 4) is 5.75 Å². The average Bonchev–Trinajstić information content (AvgIpc) is 3.05. The molecule has 1 unspecified atom stereocenters. The Hall–Kier alpha value is -3.94. The minimum atomic E-state index is -3.29. The van der Waals surface area contributed by atoms with Crippen molar-refractivity contribution in [2.45, 2.75) is 51.3 Å². The van der Waals surface area contributed by atoms with Crippen molar-refractivity contribution in [3.63, 3.8) is 0 Å². The van der Waals surface area contributed by atoms with Gasteiger partial charge in [-0.2, -0.15) is 0 Å². The third-order valence-corrected chi connectivity index (χ3v) is 9.20. The van der Waals surface area contributed by atoms with Crippen molar-refractivity contribution in [3.05, 3.63) is 107 Å². The fraction of sp³-hybridized carbons (Fsp3) is 0.342. The van der Waals surface area contributed by atoms with Crippen molar-refractivity contribution in [1.82, 2.24) is 0 Å². The Kier molecular flexibility index (Phi) is 14.8. The molecule has 0 fully saturated rings. The first-order valence-corrected chi connectivity index (χ1v) is 17.3. The zero-order valence-corrected chi connectivity index (χ0v) is 27.6. The molecule has 0 heterocycles. The van der Waals surface area contributed by atoms with Gasteiger partial charge in [0.15, 0.2) is 9.84 Å². The maximum Gasteiger partial charge on any atom is 0.333 e. The van der Waals surface area contributed by atoms with Gasteiger partial charge in [0.1, 0.15) is 19.0 Å². The first-order chi connectivity index (χ1) is 21.7. The second-order valence-electron chi connectivity index (χ2n) is 11.0. The molecule has 240 valence electrons. The van der Waals surface area contributed by atoms with Crippen LogP contribution in [0.1, 0.15) is 68.7 Å². The molecule has 0 saturated carbocycles. The molecular formula is C38H46O6S. The van der Waals surface area contributed by atoms with Crippen LogP contribution in [0, 0.1) is 5.92 Å². The fourth-order valence-corrected chi connectivity index (χ4v) is 6.27. The van der Waals surface area contributed by atoms with Gasteiger partial charge in [0.05, 0.1) is 23.9 Å². The molecule has 0 aliphatic heterocycles. The Morgan fingerprint density at radius 3 is 1.73 bits per heavy atom. The number of sulfone groups is 1. The van der Waals surface area contributed by atoms with Crippen LogP contribution in [0.5, 0.6) is 5.75 Å². The molecule has 6 nitrogen and oxygen atoms in total. The Balaban J connectivity index is 1.43. The van der Waals surface area contributed by atoms with Crippen LogP contribution in [0.15, 0.2) is 89.8 Å². The van der Waals surface area contributed by atoms with Crippen LogP contribution >= 0.6 is 0 Å². The van der Waals surface area contributed by atoms with Crippen LogP contribution in [-0.4, -0.2) is 46.6 Å². The van der Waals surface area contributed by atoms with E-state index < -0.39 is 15.8 Å². The van der Waals surface area contributed by atoms with Gasteiger partial charge in [-0.15, -0.1) is 0 Å². The van der Waals surface area contributed by atoms with Crippen molar-refractivity contribution in [2.75, 3.05) is 32.2 Å². The smallest absolute Gasteiger partial charge is 0.333 e. The topological polar surface area (TPSA) is 78.9 Å². The zero-order valence-electron chi connectivity index (χ0n) is 26.7. The summed E-state index contributed by atoms with van der Waals surface area (Å²) in [6.45, 7) is 10.6. The molecule has 3 rings (SSSR count). The van der Waals surface area contributed by atoms with Crippen molar-refractivity contribution in [2.24, 2.45) is 5.92 Å². The monoisotopic (exact) mass is 630 g/mol. The highest BCUT2D eigenvalue weighted by atomic mass is 32.2. The number of hydrogen-bond acceptors (Lipinski definition) is 6. The molecule has 3 aromatic carbocycles. The van der Waals surface area contributed by atoms with Gasteiger partial charge >= 0.3 is 5.97 Å². The number of ether oxygens (including phenoxy) is 3. The predicted molar refractivity (Wildman–Crippen MR) is 185 cm³/mol. The van der Waals surface area contributed by atoms with Gasteiger partial charge < -0.3 is 14.2 Å².